The molecule has 21 heavy (non-hydrogen) atoms. The first-order chi connectivity index (χ1) is 10.1. The Morgan fingerprint density at radius 3 is 2.71 bits per heavy atom. The molecule has 0 bridgehead atoms. The van der Waals surface area contributed by atoms with Crippen molar-refractivity contribution in [3.05, 3.63) is 37.2 Å². The fraction of sp³-hybridized carbons (Fsp3) is 0.533. The first-order valence-electron chi connectivity index (χ1n) is 7.31. The largest absolute Gasteiger partial charge is 0.309 e. The number of likely N-dealkylation sites (N-methyl/N-ethyl adjacent to an activating group) is 1. The molecule has 2 aromatic rings. The average molecular weight is 391 g/mol. The summed E-state index contributed by atoms with van der Waals surface area (Å²) in [7, 11) is 0. The van der Waals surface area contributed by atoms with E-state index in [1.165, 1.54) is 4.88 Å². The lowest BCUT2D eigenvalue weighted by atomic mass is 10.1. The molecule has 2 rings (SSSR count). The number of aryl methyl sites for hydroxylation is 2. The molecule has 0 amide bonds. The molecule has 0 aliphatic rings. The number of rotatable bonds is 7. The smallest absolute Gasteiger partial charge is 0.0850 e. The van der Waals surface area contributed by atoms with Crippen LogP contribution in [0.25, 0.3) is 0 Å². The number of hydrogen-bond acceptors (Lipinski definition) is 3. The zero-order valence-electron chi connectivity index (χ0n) is 12.6. The Labute approximate surface area is 143 Å². The number of nitrogens with zero attached hydrogens (tertiary/aromatic N) is 2. The maximum atomic E-state index is 6.53. The molecule has 3 nitrogen and oxygen atoms in total. The van der Waals surface area contributed by atoms with Crippen LogP contribution in [0.3, 0.4) is 0 Å². The fourth-order valence-electron chi connectivity index (χ4n) is 2.44. The Morgan fingerprint density at radius 1 is 1.43 bits per heavy atom. The van der Waals surface area contributed by atoms with Gasteiger partial charge >= 0.3 is 0 Å². The number of thiophene rings is 1. The minimum absolute atomic E-state index is 0.274. The minimum Gasteiger partial charge on any atom is -0.309 e. The predicted octanol–water partition coefficient (Wildman–Crippen LogP) is 4.84. The highest BCUT2D eigenvalue weighted by molar-refractivity contribution is 9.10. The van der Waals surface area contributed by atoms with Crippen molar-refractivity contribution in [2.75, 3.05) is 6.54 Å². The SMILES string of the molecule is CCNC(Cc1c(Cl)c(CC)nn1CC)c1cc(Br)cs1. The van der Waals surface area contributed by atoms with Crippen molar-refractivity contribution >= 4 is 38.9 Å². The molecule has 0 spiro atoms. The third-order valence-corrected chi connectivity index (χ3v) is 5.72. The number of hydrogen-bond donors (Lipinski definition) is 1. The lowest BCUT2D eigenvalue weighted by Crippen LogP contribution is -2.23. The summed E-state index contributed by atoms with van der Waals surface area (Å²) < 4.78 is 3.17. The average Bonchev–Trinajstić information content (AvgIpc) is 3.03. The van der Waals surface area contributed by atoms with Crippen LogP contribution in [0.1, 0.15) is 43.1 Å². The Kier molecular flexibility index (Phi) is 6.29. The Hall–Kier alpha value is -0.360. The molecule has 0 aliphatic carbocycles. The Morgan fingerprint density at radius 2 is 2.19 bits per heavy atom. The molecule has 0 aliphatic heterocycles. The van der Waals surface area contributed by atoms with Crippen LogP contribution in [0.15, 0.2) is 15.9 Å². The van der Waals surface area contributed by atoms with Gasteiger partial charge in [0.25, 0.3) is 0 Å². The van der Waals surface area contributed by atoms with Gasteiger partial charge in [-0.1, -0.05) is 25.4 Å². The van der Waals surface area contributed by atoms with E-state index in [9.17, 15) is 0 Å². The van der Waals surface area contributed by atoms with E-state index in [2.05, 4.69) is 58.6 Å². The summed E-state index contributed by atoms with van der Waals surface area (Å²) in [5.41, 5.74) is 2.13. The van der Waals surface area contributed by atoms with Gasteiger partial charge in [-0.2, -0.15) is 5.10 Å². The van der Waals surface area contributed by atoms with Gasteiger partial charge in [-0.25, -0.2) is 0 Å². The van der Waals surface area contributed by atoms with Gasteiger partial charge in [0.2, 0.25) is 0 Å². The normalized spacial score (nSPS) is 12.8. The highest BCUT2D eigenvalue weighted by Crippen LogP contribution is 2.31. The van der Waals surface area contributed by atoms with Gasteiger partial charge in [0, 0.05) is 33.7 Å². The van der Waals surface area contributed by atoms with Crippen LogP contribution >= 0.6 is 38.9 Å². The lowest BCUT2D eigenvalue weighted by molar-refractivity contribution is 0.522. The van der Waals surface area contributed by atoms with Gasteiger partial charge in [-0.3, -0.25) is 4.68 Å². The standard InChI is InChI=1S/C15H21BrClN3S/c1-4-11-15(17)13(20(6-3)19-11)8-12(18-5-2)14-7-10(16)9-21-14/h7,9,12,18H,4-6,8H2,1-3H3. The highest BCUT2D eigenvalue weighted by atomic mass is 79.9. The van der Waals surface area contributed by atoms with Gasteiger partial charge in [0.1, 0.15) is 0 Å². The summed E-state index contributed by atoms with van der Waals surface area (Å²) in [6.07, 6.45) is 1.73. The second-order valence-electron chi connectivity index (χ2n) is 4.86. The third kappa shape index (κ3) is 3.89. The van der Waals surface area contributed by atoms with Crippen LogP contribution in [0.4, 0.5) is 0 Å². The summed E-state index contributed by atoms with van der Waals surface area (Å²) in [5, 5.41) is 11.1. The molecule has 2 aromatic heterocycles. The van der Waals surface area contributed by atoms with Gasteiger partial charge in [0.15, 0.2) is 0 Å². The summed E-state index contributed by atoms with van der Waals surface area (Å²) in [5.74, 6) is 0. The van der Waals surface area contributed by atoms with Gasteiger partial charge in [-0.15, -0.1) is 11.3 Å². The Balaban J connectivity index is 2.30. The monoisotopic (exact) mass is 389 g/mol. The number of halogens is 2. The quantitative estimate of drug-likeness (QED) is 0.733. The zero-order valence-corrected chi connectivity index (χ0v) is 15.8. The van der Waals surface area contributed by atoms with E-state index in [0.29, 0.717) is 0 Å². The van der Waals surface area contributed by atoms with Gasteiger partial charge < -0.3 is 5.32 Å². The van der Waals surface area contributed by atoms with Crippen molar-refractivity contribution in [2.45, 2.75) is 46.2 Å². The third-order valence-electron chi connectivity index (χ3n) is 3.47. The van der Waals surface area contributed by atoms with E-state index < -0.39 is 0 Å². The van der Waals surface area contributed by atoms with Crippen LogP contribution < -0.4 is 5.32 Å². The van der Waals surface area contributed by atoms with Crippen LogP contribution in [-0.4, -0.2) is 16.3 Å². The molecule has 1 unspecified atom stereocenters. The van der Waals surface area contributed by atoms with Crippen molar-refractivity contribution in [1.82, 2.24) is 15.1 Å². The van der Waals surface area contributed by atoms with Crippen molar-refractivity contribution in [3.8, 4) is 0 Å². The van der Waals surface area contributed by atoms with Crippen molar-refractivity contribution in [2.24, 2.45) is 0 Å². The van der Waals surface area contributed by atoms with E-state index >= 15 is 0 Å². The molecule has 1 N–H and O–H groups in total. The molecular formula is C15H21BrClN3S. The second kappa shape index (κ2) is 7.77. The molecule has 0 aromatic carbocycles. The maximum Gasteiger partial charge on any atom is 0.0850 e. The highest BCUT2D eigenvalue weighted by Gasteiger charge is 2.20. The Bertz CT molecular complexity index is 594. The molecule has 0 fully saturated rings. The van der Waals surface area contributed by atoms with E-state index in [4.69, 9.17) is 11.6 Å². The molecule has 116 valence electrons. The van der Waals surface area contributed by atoms with Crippen molar-refractivity contribution in [3.63, 3.8) is 0 Å². The second-order valence-corrected chi connectivity index (χ2v) is 7.09. The van der Waals surface area contributed by atoms with E-state index in [0.717, 1.165) is 46.8 Å². The topological polar surface area (TPSA) is 29.9 Å². The zero-order chi connectivity index (χ0) is 15.4. The minimum atomic E-state index is 0.274. The fourth-order valence-corrected chi connectivity index (χ4v) is 4.30. The van der Waals surface area contributed by atoms with Crippen molar-refractivity contribution in [1.29, 1.82) is 0 Å². The molecule has 0 radical (unpaired) electrons. The number of nitrogens with one attached hydrogen (secondary N) is 1. The first kappa shape index (κ1) is 17.0. The predicted molar refractivity (Wildman–Crippen MR) is 94.4 cm³/mol. The van der Waals surface area contributed by atoms with E-state index in [1.54, 1.807) is 11.3 Å². The molecule has 0 saturated heterocycles. The molecule has 1 atom stereocenters. The van der Waals surface area contributed by atoms with Gasteiger partial charge in [0.05, 0.1) is 16.4 Å². The molecule has 0 saturated carbocycles. The first-order valence-corrected chi connectivity index (χ1v) is 9.37. The summed E-state index contributed by atoms with van der Waals surface area (Å²) >= 11 is 11.8. The van der Waals surface area contributed by atoms with Crippen LogP contribution in [-0.2, 0) is 19.4 Å². The lowest BCUT2D eigenvalue weighted by Gasteiger charge is -2.17. The van der Waals surface area contributed by atoms with Crippen LogP contribution in [0.2, 0.25) is 5.02 Å². The maximum absolute atomic E-state index is 6.53. The van der Waals surface area contributed by atoms with Gasteiger partial charge in [-0.05, 0) is 41.9 Å². The van der Waals surface area contributed by atoms with Crippen LogP contribution in [0.5, 0.6) is 0 Å². The molecular weight excluding hydrogens is 370 g/mol. The van der Waals surface area contributed by atoms with E-state index in [1.807, 2.05) is 4.68 Å². The summed E-state index contributed by atoms with van der Waals surface area (Å²) in [4.78, 5) is 1.32. The number of aromatic nitrogens is 2. The summed E-state index contributed by atoms with van der Waals surface area (Å²) in [6.45, 7) is 8.11. The molecule has 2 heterocycles. The summed E-state index contributed by atoms with van der Waals surface area (Å²) in [6, 6.07) is 2.45. The van der Waals surface area contributed by atoms with Crippen LogP contribution in [0, 0.1) is 0 Å². The van der Waals surface area contributed by atoms with E-state index in [-0.39, 0.29) is 6.04 Å². The van der Waals surface area contributed by atoms with Crippen molar-refractivity contribution < 1.29 is 0 Å². The molecule has 6 heteroatoms.